The van der Waals surface area contributed by atoms with E-state index in [-0.39, 0.29) is 5.82 Å². The van der Waals surface area contributed by atoms with Crippen molar-refractivity contribution in [3.05, 3.63) is 22.7 Å². The van der Waals surface area contributed by atoms with E-state index in [1.807, 2.05) is 0 Å². The van der Waals surface area contributed by atoms with E-state index >= 15 is 0 Å². The number of nitrogen functional groups attached to an aromatic ring is 1. The minimum Gasteiger partial charge on any atom is -0.383 e. The number of halogens is 3. The summed E-state index contributed by atoms with van der Waals surface area (Å²) in [6, 6.07) is 1.32. The highest BCUT2D eigenvalue weighted by atomic mass is 19.4. The van der Waals surface area contributed by atoms with E-state index in [9.17, 15) is 18.0 Å². The van der Waals surface area contributed by atoms with Gasteiger partial charge >= 0.3 is 12.1 Å². The molecule has 2 N–H and O–H groups in total. The normalized spacial score (nSPS) is 29.8. The Kier molecular flexibility index (Phi) is 4.24. The quantitative estimate of drug-likeness (QED) is 0.919. The van der Waals surface area contributed by atoms with Gasteiger partial charge in [0.05, 0.1) is 6.10 Å². The molecule has 4 atom stereocenters. The molecule has 0 radical (unpaired) electrons. The van der Waals surface area contributed by atoms with Crippen LogP contribution in [0.5, 0.6) is 0 Å². The smallest absolute Gasteiger partial charge is 0.383 e. The number of alkyl halides is 3. The van der Waals surface area contributed by atoms with Crippen molar-refractivity contribution >= 4 is 5.82 Å². The second-order valence-corrected chi connectivity index (χ2v) is 4.90. The van der Waals surface area contributed by atoms with E-state index in [2.05, 4.69) is 9.72 Å². The summed E-state index contributed by atoms with van der Waals surface area (Å²) in [7, 11) is 0. The van der Waals surface area contributed by atoms with Gasteiger partial charge in [0, 0.05) is 12.1 Å². The van der Waals surface area contributed by atoms with Gasteiger partial charge in [-0.3, -0.25) is 9.30 Å². The molecule has 2 heterocycles. The lowest BCUT2D eigenvalue weighted by atomic mass is 9.98. The van der Waals surface area contributed by atoms with Gasteiger partial charge in [-0.1, -0.05) is 13.8 Å². The van der Waals surface area contributed by atoms with Crippen LogP contribution in [0.2, 0.25) is 0 Å². The summed E-state index contributed by atoms with van der Waals surface area (Å²) in [4.78, 5) is 15.3. The highest BCUT2D eigenvalue weighted by molar-refractivity contribution is 5.23. The van der Waals surface area contributed by atoms with Gasteiger partial charge < -0.3 is 10.5 Å². The van der Waals surface area contributed by atoms with Crippen molar-refractivity contribution in [1.29, 1.82) is 0 Å². The van der Waals surface area contributed by atoms with Crippen molar-refractivity contribution in [2.75, 3.05) is 5.73 Å². The van der Waals surface area contributed by atoms with Crippen LogP contribution in [0.1, 0.15) is 26.5 Å². The first-order chi connectivity index (χ1) is 9.73. The Morgan fingerprint density at radius 3 is 2.71 bits per heavy atom. The van der Waals surface area contributed by atoms with Crippen molar-refractivity contribution in [2.24, 2.45) is 5.92 Å². The number of anilines is 1. The molecule has 1 saturated heterocycles. The Bertz CT molecular complexity index is 561. The fraction of sp³-hybridized carbons (Fsp3) is 0.667. The van der Waals surface area contributed by atoms with E-state index in [0.29, 0.717) is 6.42 Å². The largest absolute Gasteiger partial charge is 0.522 e. The minimum absolute atomic E-state index is 0.0115. The number of nitrogens with two attached hydrogens (primary N) is 1. The maximum atomic E-state index is 12.6. The van der Waals surface area contributed by atoms with Crippen LogP contribution in [0.4, 0.5) is 19.0 Å². The predicted molar refractivity (Wildman–Crippen MR) is 67.2 cm³/mol. The van der Waals surface area contributed by atoms with Crippen LogP contribution in [-0.4, -0.2) is 28.1 Å². The first-order valence-electron chi connectivity index (χ1n) is 6.47. The van der Waals surface area contributed by atoms with Crippen molar-refractivity contribution in [3.8, 4) is 0 Å². The molecule has 1 aromatic heterocycles. The summed E-state index contributed by atoms with van der Waals surface area (Å²) in [6.07, 6.45) is -6.00. The molecule has 0 bridgehead atoms. The van der Waals surface area contributed by atoms with Crippen LogP contribution in [0.25, 0.3) is 0 Å². The lowest BCUT2D eigenvalue weighted by Gasteiger charge is -2.23. The molecular weight excluding hydrogens is 291 g/mol. The maximum absolute atomic E-state index is 12.6. The number of hydrogen-bond acceptors (Lipinski definition) is 5. The van der Waals surface area contributed by atoms with Crippen molar-refractivity contribution < 1.29 is 22.6 Å². The lowest BCUT2D eigenvalue weighted by Crippen LogP contribution is -2.37. The molecule has 1 aromatic rings. The first-order valence-corrected chi connectivity index (χ1v) is 6.47. The third kappa shape index (κ3) is 3.35. The zero-order valence-electron chi connectivity index (χ0n) is 11.5. The minimum atomic E-state index is -4.81. The predicted octanol–water partition coefficient (Wildman–Crippen LogP) is 1.67. The highest BCUT2D eigenvalue weighted by Gasteiger charge is 2.48. The summed E-state index contributed by atoms with van der Waals surface area (Å²) < 4.78 is 48.4. The maximum Gasteiger partial charge on any atom is 0.522 e. The molecule has 0 saturated carbocycles. The number of hydrogen-bond donors (Lipinski definition) is 1. The molecule has 1 aliphatic heterocycles. The van der Waals surface area contributed by atoms with Gasteiger partial charge in [0.25, 0.3) is 0 Å². The molecule has 6 nitrogen and oxygen atoms in total. The highest BCUT2D eigenvalue weighted by Crippen LogP contribution is 2.39. The molecule has 2 rings (SSSR count). The van der Waals surface area contributed by atoms with Crippen LogP contribution >= 0.6 is 0 Å². The summed E-state index contributed by atoms with van der Waals surface area (Å²) in [5.74, 6) is -0.534. The van der Waals surface area contributed by atoms with E-state index < -0.39 is 36.4 Å². The molecule has 0 spiro atoms. The van der Waals surface area contributed by atoms with Gasteiger partial charge in [-0.25, -0.2) is 4.79 Å². The third-order valence-corrected chi connectivity index (χ3v) is 3.50. The molecule has 9 heteroatoms. The van der Waals surface area contributed by atoms with E-state index in [0.717, 1.165) is 4.57 Å². The molecule has 21 heavy (non-hydrogen) atoms. The summed E-state index contributed by atoms with van der Waals surface area (Å²) in [5.41, 5.74) is 4.59. The average Bonchev–Trinajstić information content (AvgIpc) is 2.65. The number of rotatable bonds is 3. The zero-order valence-corrected chi connectivity index (χ0v) is 11.5. The molecular formula is C12H16F3N3O3. The fourth-order valence-electron chi connectivity index (χ4n) is 2.48. The fourth-order valence-corrected chi connectivity index (χ4v) is 2.48. The van der Waals surface area contributed by atoms with Gasteiger partial charge in [0.15, 0.2) is 6.23 Å². The molecule has 0 aromatic carbocycles. The monoisotopic (exact) mass is 307 g/mol. The molecule has 0 unspecified atom stereocenters. The Morgan fingerprint density at radius 1 is 1.52 bits per heavy atom. The van der Waals surface area contributed by atoms with Gasteiger partial charge in [-0.2, -0.15) is 4.98 Å². The zero-order chi connectivity index (χ0) is 15.8. The number of aromatic nitrogens is 2. The third-order valence-electron chi connectivity index (χ3n) is 3.50. The molecule has 0 aliphatic carbocycles. The van der Waals surface area contributed by atoms with Crippen molar-refractivity contribution in [3.63, 3.8) is 0 Å². The van der Waals surface area contributed by atoms with E-state index in [1.165, 1.54) is 12.3 Å². The molecule has 1 fully saturated rings. The SMILES string of the molecule is CC[C@H]1O[C@@H](n2ccc(N)nc2=O)[C@H](OC(F)(F)F)[C@@H]1C. The van der Waals surface area contributed by atoms with Gasteiger partial charge in [-0.05, 0) is 12.5 Å². The van der Waals surface area contributed by atoms with Crippen LogP contribution in [0, 0.1) is 5.92 Å². The van der Waals surface area contributed by atoms with E-state index in [4.69, 9.17) is 10.5 Å². The number of ether oxygens (including phenoxy) is 2. The van der Waals surface area contributed by atoms with Gasteiger partial charge in [0.1, 0.15) is 11.9 Å². The Hall–Kier alpha value is -1.61. The Labute approximate surface area is 118 Å². The summed E-state index contributed by atoms with van der Waals surface area (Å²) >= 11 is 0. The second-order valence-electron chi connectivity index (χ2n) is 4.90. The summed E-state index contributed by atoms with van der Waals surface area (Å²) in [5, 5.41) is 0. The van der Waals surface area contributed by atoms with Gasteiger partial charge in [0.2, 0.25) is 0 Å². The standard InChI is InChI=1S/C12H16F3N3O3/c1-3-7-6(2)9(21-12(13,14)15)10(20-7)18-5-4-8(16)17-11(18)19/h4-7,9-10H,3H2,1-2H3,(H2,16,17,19)/t6-,7-,9-,10-/m1/s1. The van der Waals surface area contributed by atoms with Gasteiger partial charge in [-0.15, -0.1) is 13.2 Å². The summed E-state index contributed by atoms with van der Waals surface area (Å²) in [6.45, 7) is 3.39. The lowest BCUT2D eigenvalue weighted by molar-refractivity contribution is -0.353. The topological polar surface area (TPSA) is 79.4 Å². The van der Waals surface area contributed by atoms with Crippen LogP contribution < -0.4 is 11.4 Å². The molecule has 0 amide bonds. The van der Waals surface area contributed by atoms with Crippen LogP contribution in [0.15, 0.2) is 17.1 Å². The van der Waals surface area contributed by atoms with Crippen molar-refractivity contribution in [2.45, 2.75) is 45.1 Å². The Morgan fingerprint density at radius 2 is 2.19 bits per heavy atom. The first kappa shape index (κ1) is 15.8. The van der Waals surface area contributed by atoms with Crippen molar-refractivity contribution in [1.82, 2.24) is 9.55 Å². The Balaban J connectivity index is 2.36. The second kappa shape index (κ2) is 5.64. The van der Waals surface area contributed by atoms with E-state index in [1.54, 1.807) is 13.8 Å². The average molecular weight is 307 g/mol. The molecule has 1 aliphatic rings. The van der Waals surface area contributed by atoms with Crippen LogP contribution in [-0.2, 0) is 9.47 Å². The van der Waals surface area contributed by atoms with Crippen LogP contribution in [0.3, 0.4) is 0 Å². The number of nitrogens with zero attached hydrogens (tertiary/aromatic N) is 2. The molecule has 118 valence electrons.